The molecule has 80 valence electrons. The number of nitrogens with zero attached hydrogens (tertiary/aromatic N) is 1. The topological polar surface area (TPSA) is 58.4 Å². The summed E-state index contributed by atoms with van der Waals surface area (Å²) in [6.45, 7) is 3.97. The Balaban J connectivity index is 1.65. The monoisotopic (exact) mass is 197 g/mol. The number of likely N-dealkylation sites (tertiary alicyclic amines) is 1. The van der Waals surface area contributed by atoms with Crippen LogP contribution >= 0.6 is 0 Å². The van der Waals surface area contributed by atoms with Gasteiger partial charge in [-0.2, -0.15) is 0 Å². The van der Waals surface area contributed by atoms with Gasteiger partial charge in [-0.15, -0.1) is 0 Å². The smallest absolute Gasteiger partial charge is 0.223 e. The zero-order chi connectivity index (χ0) is 9.97. The molecule has 14 heavy (non-hydrogen) atoms. The summed E-state index contributed by atoms with van der Waals surface area (Å²) in [6.07, 6.45) is 3.92. The predicted molar refractivity (Wildman–Crippen MR) is 54.8 cm³/mol. The molecule has 0 aliphatic carbocycles. The van der Waals surface area contributed by atoms with Crippen molar-refractivity contribution in [2.45, 2.75) is 25.3 Å². The summed E-state index contributed by atoms with van der Waals surface area (Å²) in [6, 6.07) is 0.637. The van der Waals surface area contributed by atoms with Gasteiger partial charge in [0.2, 0.25) is 5.91 Å². The molecule has 1 amide bonds. The fraction of sp³-hybridized carbons (Fsp3) is 0.900. The third kappa shape index (κ3) is 2.25. The molecule has 0 radical (unpaired) electrons. The Morgan fingerprint density at radius 3 is 2.79 bits per heavy atom. The Morgan fingerprint density at radius 2 is 2.21 bits per heavy atom. The molecule has 4 heteroatoms. The van der Waals surface area contributed by atoms with Crippen LogP contribution in [-0.2, 0) is 4.79 Å². The number of amides is 1. The second-order valence-corrected chi connectivity index (χ2v) is 4.46. The minimum absolute atomic E-state index is 0.110. The summed E-state index contributed by atoms with van der Waals surface area (Å²) in [4.78, 5) is 13.1. The highest BCUT2D eigenvalue weighted by atomic mass is 16.1. The Bertz CT molecular complexity index is 207. The quantitative estimate of drug-likeness (QED) is 0.644. The molecular formula is C10H19N3O. The second kappa shape index (κ2) is 4.28. The maximum absolute atomic E-state index is 10.8. The number of hydrogen-bond donors (Lipinski definition) is 2. The number of nitrogens with two attached hydrogens (primary N) is 1. The van der Waals surface area contributed by atoms with Crippen LogP contribution in [0.4, 0.5) is 0 Å². The van der Waals surface area contributed by atoms with Gasteiger partial charge in [0.15, 0.2) is 0 Å². The van der Waals surface area contributed by atoms with E-state index in [1.807, 2.05) is 0 Å². The first kappa shape index (κ1) is 9.93. The molecule has 0 aromatic carbocycles. The lowest BCUT2D eigenvalue weighted by Crippen LogP contribution is -2.56. The highest BCUT2D eigenvalue weighted by Crippen LogP contribution is 2.17. The lowest BCUT2D eigenvalue weighted by atomic mass is 9.97. The van der Waals surface area contributed by atoms with Crippen molar-refractivity contribution >= 4 is 5.91 Å². The van der Waals surface area contributed by atoms with E-state index in [0.717, 1.165) is 26.2 Å². The fourth-order valence-electron chi connectivity index (χ4n) is 2.29. The first-order chi connectivity index (χ1) is 6.75. The van der Waals surface area contributed by atoms with Crippen molar-refractivity contribution in [1.82, 2.24) is 10.2 Å². The van der Waals surface area contributed by atoms with Crippen molar-refractivity contribution < 1.29 is 4.79 Å². The number of carbonyl (C=O) groups excluding carboxylic acids is 1. The van der Waals surface area contributed by atoms with Crippen LogP contribution in [0.25, 0.3) is 0 Å². The van der Waals surface area contributed by atoms with Crippen LogP contribution in [0.1, 0.15) is 19.3 Å². The zero-order valence-electron chi connectivity index (χ0n) is 8.54. The van der Waals surface area contributed by atoms with Gasteiger partial charge in [-0.1, -0.05) is 6.42 Å². The number of piperidine rings is 1. The van der Waals surface area contributed by atoms with Crippen molar-refractivity contribution in [3.63, 3.8) is 0 Å². The predicted octanol–water partition coefficient (Wildman–Crippen LogP) is -0.454. The van der Waals surface area contributed by atoms with E-state index >= 15 is 0 Å². The van der Waals surface area contributed by atoms with Crippen LogP contribution < -0.4 is 11.1 Å². The van der Waals surface area contributed by atoms with E-state index in [-0.39, 0.29) is 11.8 Å². The molecule has 2 fully saturated rings. The number of carbonyl (C=O) groups is 1. The summed E-state index contributed by atoms with van der Waals surface area (Å²) in [5.41, 5.74) is 5.21. The summed E-state index contributed by atoms with van der Waals surface area (Å²) in [7, 11) is 0. The zero-order valence-corrected chi connectivity index (χ0v) is 8.54. The number of nitrogens with one attached hydrogen (secondary N) is 1. The third-order valence-corrected chi connectivity index (χ3v) is 3.25. The maximum atomic E-state index is 10.8. The summed E-state index contributed by atoms with van der Waals surface area (Å²) >= 11 is 0. The van der Waals surface area contributed by atoms with E-state index in [0.29, 0.717) is 6.04 Å². The first-order valence-electron chi connectivity index (χ1n) is 5.51. The molecule has 3 N–H and O–H groups in total. The molecule has 0 aromatic heterocycles. The van der Waals surface area contributed by atoms with E-state index < -0.39 is 0 Å². The van der Waals surface area contributed by atoms with Crippen molar-refractivity contribution in [3.05, 3.63) is 0 Å². The minimum Gasteiger partial charge on any atom is -0.369 e. The van der Waals surface area contributed by atoms with Gasteiger partial charge < -0.3 is 16.0 Å². The molecule has 0 spiro atoms. The summed E-state index contributed by atoms with van der Waals surface area (Å²) < 4.78 is 0. The highest BCUT2D eigenvalue weighted by Gasteiger charge is 2.32. The number of rotatable bonds is 3. The molecule has 0 aromatic rings. The normalized spacial score (nSPS) is 29.9. The average molecular weight is 197 g/mol. The molecule has 1 unspecified atom stereocenters. The summed E-state index contributed by atoms with van der Waals surface area (Å²) in [5, 5.41) is 3.50. The van der Waals surface area contributed by atoms with Gasteiger partial charge in [-0.25, -0.2) is 0 Å². The van der Waals surface area contributed by atoms with Gasteiger partial charge in [-0.05, 0) is 19.4 Å². The van der Waals surface area contributed by atoms with Gasteiger partial charge in [0, 0.05) is 25.7 Å². The van der Waals surface area contributed by atoms with Crippen LogP contribution in [-0.4, -0.2) is 43.0 Å². The van der Waals surface area contributed by atoms with Crippen LogP contribution in [0, 0.1) is 5.92 Å². The number of primary amides is 1. The second-order valence-electron chi connectivity index (χ2n) is 4.46. The molecule has 0 bridgehead atoms. The molecule has 2 rings (SSSR count). The SMILES string of the molecule is NC(=O)C1CN(CC2CCCCN2)C1. The van der Waals surface area contributed by atoms with Crippen LogP contribution in [0.3, 0.4) is 0 Å². The highest BCUT2D eigenvalue weighted by molar-refractivity contribution is 5.78. The molecule has 4 nitrogen and oxygen atoms in total. The Labute approximate surface area is 84.8 Å². The first-order valence-corrected chi connectivity index (χ1v) is 5.51. The van der Waals surface area contributed by atoms with Gasteiger partial charge in [0.1, 0.15) is 0 Å². The molecule has 2 saturated heterocycles. The van der Waals surface area contributed by atoms with E-state index in [4.69, 9.17) is 5.73 Å². The van der Waals surface area contributed by atoms with Crippen LogP contribution in [0.5, 0.6) is 0 Å². The lowest BCUT2D eigenvalue weighted by molar-refractivity contribution is -0.127. The van der Waals surface area contributed by atoms with Crippen molar-refractivity contribution in [2.75, 3.05) is 26.2 Å². The van der Waals surface area contributed by atoms with E-state index in [2.05, 4.69) is 10.2 Å². The fourth-order valence-corrected chi connectivity index (χ4v) is 2.29. The third-order valence-electron chi connectivity index (χ3n) is 3.25. The van der Waals surface area contributed by atoms with Gasteiger partial charge in [-0.3, -0.25) is 4.79 Å². The van der Waals surface area contributed by atoms with Crippen molar-refractivity contribution in [1.29, 1.82) is 0 Å². The molecule has 2 aliphatic heterocycles. The Morgan fingerprint density at radius 1 is 1.43 bits per heavy atom. The maximum Gasteiger partial charge on any atom is 0.223 e. The molecule has 2 aliphatic rings. The average Bonchev–Trinajstić information content (AvgIpc) is 2.12. The van der Waals surface area contributed by atoms with Gasteiger partial charge in [0.25, 0.3) is 0 Å². The van der Waals surface area contributed by atoms with Crippen LogP contribution in [0.2, 0.25) is 0 Å². The van der Waals surface area contributed by atoms with Crippen LogP contribution in [0.15, 0.2) is 0 Å². The number of hydrogen-bond acceptors (Lipinski definition) is 3. The van der Waals surface area contributed by atoms with Gasteiger partial charge in [0.05, 0.1) is 5.92 Å². The largest absolute Gasteiger partial charge is 0.369 e. The van der Waals surface area contributed by atoms with E-state index in [1.54, 1.807) is 0 Å². The van der Waals surface area contributed by atoms with Crippen molar-refractivity contribution in [3.8, 4) is 0 Å². The van der Waals surface area contributed by atoms with Gasteiger partial charge >= 0.3 is 0 Å². The van der Waals surface area contributed by atoms with Crippen molar-refractivity contribution in [2.24, 2.45) is 11.7 Å². The molecule has 2 heterocycles. The lowest BCUT2D eigenvalue weighted by Gasteiger charge is -2.40. The molecular weight excluding hydrogens is 178 g/mol. The Hall–Kier alpha value is -0.610. The Kier molecular flexibility index (Phi) is 3.03. The van der Waals surface area contributed by atoms with E-state index in [9.17, 15) is 4.79 Å². The summed E-state index contributed by atoms with van der Waals surface area (Å²) in [5.74, 6) is -0.0311. The van der Waals surface area contributed by atoms with E-state index in [1.165, 1.54) is 19.3 Å². The minimum atomic E-state index is -0.141. The standard InChI is InChI=1S/C10H19N3O/c11-10(14)8-5-13(6-8)7-9-3-1-2-4-12-9/h8-9,12H,1-7H2,(H2,11,14). The molecule has 1 atom stereocenters. The molecule has 0 saturated carbocycles.